The second kappa shape index (κ2) is 4.45. The number of nitrogens with zero attached hydrogens (tertiary/aromatic N) is 1. The van der Waals surface area contributed by atoms with Gasteiger partial charge in [0.05, 0.1) is 5.57 Å². The van der Waals surface area contributed by atoms with Crippen molar-refractivity contribution < 1.29 is 4.79 Å². The Morgan fingerprint density at radius 1 is 1.36 bits per heavy atom. The average Bonchev–Trinajstić information content (AvgIpc) is 2.27. The van der Waals surface area contributed by atoms with E-state index in [0.29, 0.717) is 5.57 Å². The second-order valence-corrected chi connectivity index (χ2v) is 3.00. The highest BCUT2D eigenvalue weighted by atomic mass is 16.2. The number of likely N-dealkylation sites (N-methyl/N-ethyl adjacent to an activating group) is 1. The third-order valence-electron chi connectivity index (χ3n) is 2.03. The summed E-state index contributed by atoms with van der Waals surface area (Å²) in [5.74, 6) is -0.0776. The first-order chi connectivity index (χ1) is 6.66. The van der Waals surface area contributed by atoms with Crippen molar-refractivity contribution in [1.82, 2.24) is 0 Å². The Balaban J connectivity index is 2.92. The van der Waals surface area contributed by atoms with Crippen LogP contribution in [0, 0.1) is 0 Å². The number of amides is 1. The minimum absolute atomic E-state index is 0.0776. The van der Waals surface area contributed by atoms with Crippen LogP contribution in [0.5, 0.6) is 0 Å². The molecule has 1 amide bonds. The zero-order valence-corrected chi connectivity index (χ0v) is 8.45. The largest absolute Gasteiger partial charge is 0.311 e. The molecule has 0 bridgehead atoms. The molecule has 1 aromatic rings. The molecule has 0 aliphatic rings. The number of rotatable bonds is 2. The van der Waals surface area contributed by atoms with Crippen LogP contribution in [-0.2, 0) is 4.79 Å². The smallest absolute Gasteiger partial charge is 0.261 e. The number of hydrogen-bond donors (Lipinski definition) is 0. The van der Waals surface area contributed by atoms with Gasteiger partial charge < -0.3 is 4.90 Å². The van der Waals surface area contributed by atoms with Gasteiger partial charge in [-0.05, 0) is 19.1 Å². The molecule has 72 valence electrons. The zero-order valence-electron chi connectivity index (χ0n) is 8.45. The SMILES string of the molecule is C=C=C(C)C(=O)N(C)c1ccccc1. The van der Waals surface area contributed by atoms with Crippen molar-refractivity contribution in [3.63, 3.8) is 0 Å². The van der Waals surface area contributed by atoms with E-state index < -0.39 is 0 Å². The number of anilines is 1. The summed E-state index contributed by atoms with van der Waals surface area (Å²) in [4.78, 5) is 13.2. The summed E-state index contributed by atoms with van der Waals surface area (Å²) >= 11 is 0. The van der Waals surface area contributed by atoms with Gasteiger partial charge in [0, 0.05) is 12.7 Å². The van der Waals surface area contributed by atoms with Gasteiger partial charge in [-0.3, -0.25) is 4.79 Å². The third-order valence-corrected chi connectivity index (χ3v) is 2.03. The Bertz CT molecular complexity index is 375. The van der Waals surface area contributed by atoms with E-state index in [1.165, 1.54) is 0 Å². The first-order valence-corrected chi connectivity index (χ1v) is 4.36. The molecule has 0 saturated carbocycles. The summed E-state index contributed by atoms with van der Waals surface area (Å²) in [5.41, 5.74) is 3.98. The van der Waals surface area contributed by atoms with E-state index in [1.807, 2.05) is 30.3 Å². The lowest BCUT2D eigenvalue weighted by Crippen LogP contribution is -2.26. The molecular formula is C12H13NO. The number of para-hydroxylation sites is 1. The summed E-state index contributed by atoms with van der Waals surface area (Å²) in [6.07, 6.45) is 0. The molecule has 1 aromatic carbocycles. The fourth-order valence-corrected chi connectivity index (χ4v) is 1.10. The summed E-state index contributed by atoms with van der Waals surface area (Å²) in [6.45, 7) is 5.15. The van der Waals surface area contributed by atoms with Gasteiger partial charge in [-0.25, -0.2) is 0 Å². The van der Waals surface area contributed by atoms with Crippen LogP contribution in [0.25, 0.3) is 0 Å². The number of hydrogen-bond acceptors (Lipinski definition) is 1. The maximum atomic E-state index is 11.7. The fraction of sp³-hybridized carbons (Fsp3) is 0.167. The van der Waals surface area contributed by atoms with Crippen molar-refractivity contribution in [1.29, 1.82) is 0 Å². The van der Waals surface area contributed by atoms with Crippen molar-refractivity contribution >= 4 is 11.6 Å². The van der Waals surface area contributed by atoms with Gasteiger partial charge in [0.25, 0.3) is 5.91 Å². The van der Waals surface area contributed by atoms with Crippen molar-refractivity contribution in [2.45, 2.75) is 6.92 Å². The highest BCUT2D eigenvalue weighted by molar-refractivity contribution is 6.04. The lowest BCUT2D eigenvalue weighted by atomic mass is 10.2. The van der Waals surface area contributed by atoms with Crippen LogP contribution in [0.1, 0.15) is 6.92 Å². The lowest BCUT2D eigenvalue weighted by Gasteiger charge is -2.16. The molecule has 0 aliphatic carbocycles. The predicted molar refractivity (Wildman–Crippen MR) is 58.2 cm³/mol. The Labute approximate surface area is 84.2 Å². The first-order valence-electron chi connectivity index (χ1n) is 4.36. The molecule has 0 radical (unpaired) electrons. The van der Waals surface area contributed by atoms with Crippen molar-refractivity contribution in [3.8, 4) is 0 Å². The molecule has 0 atom stereocenters. The summed E-state index contributed by atoms with van der Waals surface area (Å²) < 4.78 is 0. The summed E-state index contributed by atoms with van der Waals surface area (Å²) in [7, 11) is 1.73. The Kier molecular flexibility index (Phi) is 3.27. The van der Waals surface area contributed by atoms with Crippen molar-refractivity contribution in [2.75, 3.05) is 11.9 Å². The van der Waals surface area contributed by atoms with E-state index >= 15 is 0 Å². The molecule has 0 saturated heterocycles. The van der Waals surface area contributed by atoms with Crippen LogP contribution in [-0.4, -0.2) is 13.0 Å². The molecule has 2 heteroatoms. The Hall–Kier alpha value is -1.79. The standard InChI is InChI=1S/C12H13NO/c1-4-10(2)12(14)13(3)11-8-6-5-7-9-11/h5-9H,1H2,2-3H3. The van der Waals surface area contributed by atoms with E-state index in [0.717, 1.165) is 5.69 Å². The minimum atomic E-state index is -0.0776. The van der Waals surface area contributed by atoms with Crippen molar-refractivity contribution in [3.05, 3.63) is 48.2 Å². The van der Waals surface area contributed by atoms with E-state index in [9.17, 15) is 4.79 Å². The quantitative estimate of drug-likeness (QED) is 0.514. The minimum Gasteiger partial charge on any atom is -0.311 e. The Morgan fingerprint density at radius 2 is 1.93 bits per heavy atom. The van der Waals surface area contributed by atoms with Crippen LogP contribution in [0.15, 0.2) is 48.2 Å². The maximum Gasteiger partial charge on any atom is 0.261 e. The number of benzene rings is 1. The highest BCUT2D eigenvalue weighted by Gasteiger charge is 2.11. The van der Waals surface area contributed by atoms with E-state index in [1.54, 1.807) is 18.9 Å². The van der Waals surface area contributed by atoms with E-state index in [4.69, 9.17) is 0 Å². The van der Waals surface area contributed by atoms with Crippen molar-refractivity contribution in [2.24, 2.45) is 0 Å². The molecule has 0 unspecified atom stereocenters. The molecule has 0 aromatic heterocycles. The third kappa shape index (κ3) is 2.12. The van der Waals surface area contributed by atoms with Gasteiger partial charge in [0.2, 0.25) is 0 Å². The van der Waals surface area contributed by atoms with Gasteiger partial charge in [0.1, 0.15) is 0 Å². The average molecular weight is 187 g/mol. The van der Waals surface area contributed by atoms with Crippen LogP contribution >= 0.6 is 0 Å². The highest BCUT2D eigenvalue weighted by Crippen LogP contribution is 2.12. The molecule has 0 N–H and O–H groups in total. The zero-order chi connectivity index (χ0) is 10.6. The van der Waals surface area contributed by atoms with Gasteiger partial charge in [-0.2, -0.15) is 0 Å². The van der Waals surface area contributed by atoms with Crippen LogP contribution < -0.4 is 4.90 Å². The molecule has 0 heterocycles. The molecule has 0 aliphatic heterocycles. The predicted octanol–water partition coefficient (Wildman–Crippen LogP) is 2.38. The normalized spacial score (nSPS) is 9.00. The molecular weight excluding hydrogens is 174 g/mol. The van der Waals surface area contributed by atoms with Gasteiger partial charge >= 0.3 is 0 Å². The maximum absolute atomic E-state index is 11.7. The fourth-order valence-electron chi connectivity index (χ4n) is 1.10. The van der Waals surface area contributed by atoms with Gasteiger partial charge in [-0.1, -0.05) is 24.8 Å². The Morgan fingerprint density at radius 3 is 2.43 bits per heavy atom. The summed E-state index contributed by atoms with van der Waals surface area (Å²) in [5, 5.41) is 0. The molecule has 2 nitrogen and oxygen atoms in total. The van der Waals surface area contributed by atoms with Gasteiger partial charge in [-0.15, -0.1) is 5.73 Å². The lowest BCUT2D eigenvalue weighted by molar-refractivity contribution is -0.114. The van der Waals surface area contributed by atoms with Gasteiger partial charge in [0.15, 0.2) is 0 Å². The van der Waals surface area contributed by atoms with E-state index in [-0.39, 0.29) is 5.91 Å². The monoisotopic (exact) mass is 187 g/mol. The van der Waals surface area contributed by atoms with Crippen LogP contribution in [0.4, 0.5) is 5.69 Å². The number of carbonyl (C=O) groups is 1. The topological polar surface area (TPSA) is 20.3 Å². The first kappa shape index (κ1) is 10.3. The van der Waals surface area contributed by atoms with Crippen LogP contribution in [0.2, 0.25) is 0 Å². The number of carbonyl (C=O) groups excluding carboxylic acids is 1. The molecule has 0 spiro atoms. The van der Waals surface area contributed by atoms with E-state index in [2.05, 4.69) is 12.3 Å². The molecule has 0 fully saturated rings. The second-order valence-electron chi connectivity index (χ2n) is 3.00. The summed E-state index contributed by atoms with van der Waals surface area (Å²) in [6, 6.07) is 9.47. The van der Waals surface area contributed by atoms with Crippen LogP contribution in [0.3, 0.4) is 0 Å². The molecule has 14 heavy (non-hydrogen) atoms. The molecule has 1 rings (SSSR count).